The Kier molecular flexibility index (Phi) is 4.59. The van der Waals surface area contributed by atoms with Gasteiger partial charge in [-0.2, -0.15) is 0 Å². The summed E-state index contributed by atoms with van der Waals surface area (Å²) in [5, 5.41) is 6.00. The molecule has 3 aromatic rings. The van der Waals surface area contributed by atoms with Gasteiger partial charge >= 0.3 is 0 Å². The maximum atomic E-state index is 12.0. The van der Waals surface area contributed by atoms with Crippen molar-refractivity contribution in [2.45, 2.75) is 6.54 Å². The van der Waals surface area contributed by atoms with Crippen LogP contribution in [-0.2, 0) is 6.54 Å². The molecule has 0 atom stereocenters. The molecule has 1 aromatic carbocycles. The number of hydrogen-bond acceptors (Lipinski definition) is 4. The maximum absolute atomic E-state index is 12.0. The van der Waals surface area contributed by atoms with E-state index in [0.29, 0.717) is 17.9 Å². The first kappa shape index (κ1) is 14.7. The standard InChI is InChI=1S/C18H16N4O/c23-18(14-6-2-1-3-7-14)22-17-10-9-16(13-21-17)20-12-15-8-4-5-11-19-15/h1-11,13,20H,12H2,(H,21,22,23). The van der Waals surface area contributed by atoms with Gasteiger partial charge in [-0.15, -0.1) is 0 Å². The largest absolute Gasteiger partial charge is 0.378 e. The Hall–Kier alpha value is -3.21. The molecule has 2 heterocycles. The monoisotopic (exact) mass is 304 g/mol. The first-order chi connectivity index (χ1) is 11.3. The number of rotatable bonds is 5. The molecule has 0 saturated carbocycles. The Morgan fingerprint density at radius 1 is 0.913 bits per heavy atom. The summed E-state index contributed by atoms with van der Waals surface area (Å²) < 4.78 is 0. The van der Waals surface area contributed by atoms with Crippen molar-refractivity contribution in [2.24, 2.45) is 0 Å². The normalized spacial score (nSPS) is 10.1. The highest BCUT2D eigenvalue weighted by atomic mass is 16.1. The summed E-state index contributed by atoms with van der Waals surface area (Å²) in [6, 6.07) is 18.5. The maximum Gasteiger partial charge on any atom is 0.256 e. The molecule has 23 heavy (non-hydrogen) atoms. The number of benzene rings is 1. The van der Waals surface area contributed by atoms with Gasteiger partial charge in [-0.25, -0.2) is 4.98 Å². The van der Waals surface area contributed by atoms with Gasteiger partial charge in [0.1, 0.15) is 5.82 Å². The Bertz CT molecular complexity index is 758. The number of aromatic nitrogens is 2. The van der Waals surface area contributed by atoms with Crippen LogP contribution in [0.2, 0.25) is 0 Å². The van der Waals surface area contributed by atoms with Crippen molar-refractivity contribution < 1.29 is 4.79 Å². The van der Waals surface area contributed by atoms with Crippen LogP contribution >= 0.6 is 0 Å². The molecule has 3 rings (SSSR count). The Morgan fingerprint density at radius 3 is 2.43 bits per heavy atom. The van der Waals surface area contributed by atoms with Gasteiger partial charge < -0.3 is 10.6 Å². The molecule has 114 valence electrons. The minimum atomic E-state index is -0.174. The van der Waals surface area contributed by atoms with Crippen LogP contribution in [0, 0.1) is 0 Å². The summed E-state index contributed by atoms with van der Waals surface area (Å²) in [6.45, 7) is 0.623. The van der Waals surface area contributed by atoms with Crippen molar-refractivity contribution in [3.8, 4) is 0 Å². The van der Waals surface area contributed by atoms with Crippen molar-refractivity contribution in [3.05, 3.63) is 84.3 Å². The van der Waals surface area contributed by atoms with E-state index in [9.17, 15) is 4.79 Å². The van der Waals surface area contributed by atoms with Crippen molar-refractivity contribution in [2.75, 3.05) is 10.6 Å². The van der Waals surface area contributed by atoms with E-state index in [1.165, 1.54) is 0 Å². The van der Waals surface area contributed by atoms with Crippen molar-refractivity contribution in [1.82, 2.24) is 9.97 Å². The van der Waals surface area contributed by atoms with Crippen LogP contribution in [0.5, 0.6) is 0 Å². The third-order valence-electron chi connectivity index (χ3n) is 3.24. The molecule has 0 saturated heterocycles. The highest BCUT2D eigenvalue weighted by molar-refractivity contribution is 6.03. The smallest absolute Gasteiger partial charge is 0.256 e. The number of nitrogens with zero attached hydrogens (tertiary/aromatic N) is 2. The van der Waals surface area contributed by atoms with E-state index in [0.717, 1.165) is 11.4 Å². The Balaban J connectivity index is 1.58. The highest BCUT2D eigenvalue weighted by Crippen LogP contribution is 2.12. The van der Waals surface area contributed by atoms with Crippen molar-refractivity contribution >= 4 is 17.4 Å². The van der Waals surface area contributed by atoms with Crippen molar-refractivity contribution in [3.63, 3.8) is 0 Å². The van der Waals surface area contributed by atoms with Crippen LogP contribution < -0.4 is 10.6 Å². The van der Waals surface area contributed by atoms with Gasteiger partial charge in [0.2, 0.25) is 0 Å². The van der Waals surface area contributed by atoms with E-state index in [-0.39, 0.29) is 5.91 Å². The topological polar surface area (TPSA) is 66.9 Å². The molecule has 0 aliphatic rings. The lowest BCUT2D eigenvalue weighted by Gasteiger charge is -2.07. The number of carbonyl (C=O) groups is 1. The lowest BCUT2D eigenvalue weighted by molar-refractivity contribution is 0.102. The molecule has 0 bridgehead atoms. The first-order valence-corrected chi connectivity index (χ1v) is 7.27. The minimum Gasteiger partial charge on any atom is -0.378 e. The second-order valence-electron chi connectivity index (χ2n) is 4.93. The SMILES string of the molecule is O=C(Nc1ccc(NCc2ccccn2)cn1)c1ccccc1. The van der Waals surface area contributed by atoms with E-state index in [1.807, 2.05) is 42.5 Å². The lowest BCUT2D eigenvalue weighted by Crippen LogP contribution is -2.12. The van der Waals surface area contributed by atoms with Crippen molar-refractivity contribution in [1.29, 1.82) is 0 Å². The van der Waals surface area contributed by atoms with E-state index in [1.54, 1.807) is 30.6 Å². The highest BCUT2D eigenvalue weighted by Gasteiger charge is 2.05. The quantitative estimate of drug-likeness (QED) is 0.758. The summed E-state index contributed by atoms with van der Waals surface area (Å²) in [6.07, 6.45) is 3.45. The molecule has 0 fully saturated rings. The fraction of sp³-hybridized carbons (Fsp3) is 0.0556. The fourth-order valence-electron chi connectivity index (χ4n) is 2.05. The molecular weight excluding hydrogens is 288 g/mol. The molecule has 0 spiro atoms. The van der Waals surface area contributed by atoms with Crippen LogP contribution in [0.3, 0.4) is 0 Å². The van der Waals surface area contributed by atoms with E-state index >= 15 is 0 Å². The van der Waals surface area contributed by atoms with Gasteiger partial charge in [-0.1, -0.05) is 24.3 Å². The summed E-state index contributed by atoms with van der Waals surface area (Å²) in [5.41, 5.74) is 2.42. The third kappa shape index (κ3) is 4.14. The lowest BCUT2D eigenvalue weighted by atomic mass is 10.2. The molecule has 0 radical (unpaired) electrons. The molecule has 5 heteroatoms. The molecular formula is C18H16N4O. The van der Waals surface area contributed by atoms with Crippen LogP contribution in [0.1, 0.15) is 16.1 Å². The molecule has 0 unspecified atom stereocenters. The Labute approximate surface area is 134 Å². The molecule has 2 N–H and O–H groups in total. The fourth-order valence-corrected chi connectivity index (χ4v) is 2.05. The first-order valence-electron chi connectivity index (χ1n) is 7.27. The molecule has 0 aliphatic heterocycles. The average Bonchev–Trinajstić information content (AvgIpc) is 2.63. The minimum absolute atomic E-state index is 0.174. The van der Waals surface area contributed by atoms with Gasteiger partial charge in [0, 0.05) is 11.8 Å². The number of anilines is 2. The van der Waals surface area contributed by atoms with E-state index in [2.05, 4.69) is 20.6 Å². The summed E-state index contributed by atoms with van der Waals surface area (Å²) in [5.74, 6) is 0.342. The molecule has 2 aromatic heterocycles. The van der Waals surface area contributed by atoms with E-state index < -0.39 is 0 Å². The van der Waals surface area contributed by atoms with Gasteiger partial charge in [0.25, 0.3) is 5.91 Å². The van der Waals surface area contributed by atoms with E-state index in [4.69, 9.17) is 0 Å². The van der Waals surface area contributed by atoms with Gasteiger partial charge in [0.15, 0.2) is 0 Å². The number of amides is 1. The number of nitrogens with one attached hydrogen (secondary N) is 2. The predicted molar refractivity (Wildman–Crippen MR) is 90.2 cm³/mol. The van der Waals surface area contributed by atoms with Crippen LogP contribution in [0.4, 0.5) is 11.5 Å². The van der Waals surface area contributed by atoms with Gasteiger partial charge in [-0.3, -0.25) is 9.78 Å². The summed E-state index contributed by atoms with van der Waals surface area (Å²) in [4.78, 5) is 20.5. The zero-order valence-electron chi connectivity index (χ0n) is 12.4. The third-order valence-corrected chi connectivity index (χ3v) is 3.24. The summed E-state index contributed by atoms with van der Waals surface area (Å²) >= 11 is 0. The molecule has 1 amide bonds. The zero-order chi connectivity index (χ0) is 15.9. The molecule has 0 aliphatic carbocycles. The summed E-state index contributed by atoms with van der Waals surface area (Å²) in [7, 11) is 0. The number of pyridine rings is 2. The van der Waals surface area contributed by atoms with Gasteiger partial charge in [0.05, 0.1) is 24.1 Å². The predicted octanol–water partition coefficient (Wildman–Crippen LogP) is 3.34. The van der Waals surface area contributed by atoms with Crippen LogP contribution in [0.25, 0.3) is 0 Å². The van der Waals surface area contributed by atoms with Gasteiger partial charge in [-0.05, 0) is 36.4 Å². The average molecular weight is 304 g/mol. The second-order valence-corrected chi connectivity index (χ2v) is 4.93. The number of hydrogen-bond donors (Lipinski definition) is 2. The second kappa shape index (κ2) is 7.17. The van der Waals surface area contributed by atoms with Crippen LogP contribution in [-0.4, -0.2) is 15.9 Å². The number of carbonyl (C=O) groups excluding carboxylic acids is 1. The Morgan fingerprint density at radius 2 is 1.74 bits per heavy atom. The molecule has 5 nitrogen and oxygen atoms in total. The zero-order valence-corrected chi connectivity index (χ0v) is 12.4. The van der Waals surface area contributed by atoms with Crippen LogP contribution in [0.15, 0.2) is 73.1 Å².